The van der Waals surface area contributed by atoms with Crippen LogP contribution in [0, 0.1) is 0 Å². The van der Waals surface area contributed by atoms with Gasteiger partial charge in [-0.25, -0.2) is 0 Å². The molecule has 2 rings (SSSR count). The third-order valence-corrected chi connectivity index (χ3v) is 3.12. The van der Waals surface area contributed by atoms with Gasteiger partial charge in [-0.2, -0.15) is 8.42 Å². The summed E-state index contributed by atoms with van der Waals surface area (Å²) in [7, 11) is -4.57. The first-order valence-electron chi connectivity index (χ1n) is 5.96. The fourth-order valence-electron chi connectivity index (χ4n) is 2.02. The van der Waals surface area contributed by atoms with Crippen molar-refractivity contribution in [2.75, 3.05) is 0 Å². The van der Waals surface area contributed by atoms with Gasteiger partial charge in [0.1, 0.15) is 0 Å². The second-order valence-electron chi connectivity index (χ2n) is 4.16. The van der Waals surface area contributed by atoms with Crippen LogP contribution >= 0.6 is 0 Å². The topological polar surface area (TPSA) is 63.6 Å². The molecule has 2 aromatic carbocycles. The number of allylic oxidation sites excluding steroid dienone is 1. The maximum Gasteiger partial charge on any atom is 0.446 e. The average molecular weight is 290 g/mol. The van der Waals surface area contributed by atoms with Gasteiger partial charge in [0.15, 0.2) is 5.75 Å². The second-order valence-corrected chi connectivity index (χ2v) is 5.18. The summed E-state index contributed by atoms with van der Waals surface area (Å²) >= 11 is 0. The molecular formula is C15H14O4S. The lowest BCUT2D eigenvalue weighted by atomic mass is 9.97. The van der Waals surface area contributed by atoms with Gasteiger partial charge in [-0.1, -0.05) is 48.5 Å². The summed E-state index contributed by atoms with van der Waals surface area (Å²) in [6, 6.07) is 14.3. The molecule has 1 N–H and O–H groups in total. The zero-order valence-electron chi connectivity index (χ0n) is 10.7. The quantitative estimate of drug-likeness (QED) is 0.678. The molecule has 0 amide bonds. The number of hydrogen-bond acceptors (Lipinski definition) is 3. The van der Waals surface area contributed by atoms with Crippen molar-refractivity contribution in [1.29, 1.82) is 0 Å². The summed E-state index contributed by atoms with van der Waals surface area (Å²) in [5.41, 5.74) is 2.31. The molecule has 0 fully saturated rings. The first-order valence-corrected chi connectivity index (χ1v) is 7.33. The number of benzene rings is 2. The van der Waals surface area contributed by atoms with Crippen molar-refractivity contribution in [3.05, 3.63) is 66.7 Å². The zero-order valence-corrected chi connectivity index (χ0v) is 11.5. The molecule has 0 saturated heterocycles. The summed E-state index contributed by atoms with van der Waals surface area (Å²) < 4.78 is 35.5. The average Bonchev–Trinajstić information content (AvgIpc) is 2.38. The highest BCUT2D eigenvalue weighted by molar-refractivity contribution is 7.81. The van der Waals surface area contributed by atoms with Crippen molar-refractivity contribution in [3.63, 3.8) is 0 Å². The van der Waals surface area contributed by atoms with Crippen LogP contribution < -0.4 is 4.18 Å². The van der Waals surface area contributed by atoms with E-state index in [0.29, 0.717) is 12.0 Å². The molecular weight excluding hydrogens is 276 g/mol. The highest BCUT2D eigenvalue weighted by Gasteiger charge is 2.15. The molecule has 2 aromatic rings. The van der Waals surface area contributed by atoms with Gasteiger partial charge in [0.05, 0.1) is 0 Å². The molecule has 0 spiro atoms. The Hall–Kier alpha value is -2.11. The van der Waals surface area contributed by atoms with Crippen LogP contribution in [0.15, 0.2) is 61.2 Å². The van der Waals surface area contributed by atoms with Crippen molar-refractivity contribution in [1.82, 2.24) is 0 Å². The third-order valence-electron chi connectivity index (χ3n) is 2.73. The predicted octanol–water partition coefficient (Wildman–Crippen LogP) is 3.26. The van der Waals surface area contributed by atoms with Gasteiger partial charge in [-0.05, 0) is 23.6 Å². The lowest BCUT2D eigenvalue weighted by Gasteiger charge is -2.13. The van der Waals surface area contributed by atoms with Gasteiger partial charge in [0.25, 0.3) is 0 Å². The van der Waals surface area contributed by atoms with E-state index in [1.54, 1.807) is 12.1 Å². The standard InChI is InChI=1S/C15H14O4S/c1-2-7-12-10-6-11-14(19-20(16,17)18)15(12)13-8-4-3-5-9-13/h2-6,8-11H,1,7H2,(H,16,17,18). The van der Waals surface area contributed by atoms with Crippen LogP contribution in [0.4, 0.5) is 0 Å². The SMILES string of the molecule is C=CCc1cccc(OS(=O)(=O)O)c1-c1ccccc1. The molecule has 0 saturated carbocycles. The summed E-state index contributed by atoms with van der Waals surface area (Å²) in [6.45, 7) is 3.69. The molecule has 0 aliphatic heterocycles. The lowest BCUT2D eigenvalue weighted by molar-refractivity contribution is 0.387. The Labute approximate surface area is 118 Å². The van der Waals surface area contributed by atoms with E-state index in [9.17, 15) is 8.42 Å². The minimum atomic E-state index is -4.57. The van der Waals surface area contributed by atoms with Crippen LogP contribution in [0.3, 0.4) is 0 Å². The van der Waals surface area contributed by atoms with Crippen LogP contribution in [-0.2, 0) is 16.8 Å². The van der Waals surface area contributed by atoms with Gasteiger partial charge in [0, 0.05) is 5.56 Å². The molecule has 0 aromatic heterocycles. The van der Waals surface area contributed by atoms with Crippen LogP contribution in [-0.4, -0.2) is 13.0 Å². The normalized spacial score (nSPS) is 11.1. The van der Waals surface area contributed by atoms with E-state index in [0.717, 1.165) is 11.1 Å². The van der Waals surface area contributed by atoms with E-state index in [2.05, 4.69) is 10.8 Å². The van der Waals surface area contributed by atoms with Gasteiger partial charge >= 0.3 is 10.4 Å². The molecule has 4 nitrogen and oxygen atoms in total. The molecule has 0 bridgehead atoms. The maximum absolute atomic E-state index is 11.0. The minimum Gasteiger partial charge on any atom is -0.361 e. The summed E-state index contributed by atoms with van der Waals surface area (Å²) in [6.07, 6.45) is 2.28. The summed E-state index contributed by atoms with van der Waals surface area (Å²) in [5.74, 6) is 0.0954. The van der Waals surface area contributed by atoms with Gasteiger partial charge in [0.2, 0.25) is 0 Å². The molecule has 104 valence electrons. The van der Waals surface area contributed by atoms with E-state index in [-0.39, 0.29) is 5.75 Å². The van der Waals surface area contributed by atoms with Crippen molar-refractivity contribution < 1.29 is 17.2 Å². The molecule has 0 atom stereocenters. The maximum atomic E-state index is 11.0. The molecule has 5 heteroatoms. The fourth-order valence-corrected chi connectivity index (χ4v) is 2.38. The van der Waals surface area contributed by atoms with Crippen LogP contribution in [0.5, 0.6) is 5.75 Å². The fraction of sp³-hybridized carbons (Fsp3) is 0.0667. The summed E-state index contributed by atoms with van der Waals surface area (Å²) in [4.78, 5) is 0. The van der Waals surface area contributed by atoms with Crippen molar-refractivity contribution in [2.45, 2.75) is 6.42 Å². The monoisotopic (exact) mass is 290 g/mol. The number of rotatable bonds is 5. The van der Waals surface area contributed by atoms with Gasteiger partial charge in [-0.15, -0.1) is 6.58 Å². The van der Waals surface area contributed by atoms with Crippen LogP contribution in [0.2, 0.25) is 0 Å². The van der Waals surface area contributed by atoms with Crippen molar-refractivity contribution >= 4 is 10.4 Å². The predicted molar refractivity (Wildman–Crippen MR) is 78.0 cm³/mol. The molecule has 20 heavy (non-hydrogen) atoms. The Bertz CT molecular complexity index is 706. The molecule has 0 aliphatic carbocycles. The van der Waals surface area contributed by atoms with Crippen LogP contribution in [0.1, 0.15) is 5.56 Å². The highest BCUT2D eigenvalue weighted by atomic mass is 32.3. The van der Waals surface area contributed by atoms with Crippen molar-refractivity contribution in [3.8, 4) is 16.9 Å². The Morgan fingerprint density at radius 2 is 1.80 bits per heavy atom. The van der Waals surface area contributed by atoms with Gasteiger partial charge in [-0.3, -0.25) is 4.55 Å². The van der Waals surface area contributed by atoms with E-state index in [1.807, 2.05) is 36.4 Å². The Balaban J connectivity index is 2.63. The lowest BCUT2D eigenvalue weighted by Crippen LogP contribution is -2.08. The molecule has 0 unspecified atom stereocenters. The van der Waals surface area contributed by atoms with E-state index < -0.39 is 10.4 Å². The minimum absolute atomic E-state index is 0.0954. The zero-order chi connectivity index (χ0) is 14.6. The third kappa shape index (κ3) is 3.46. The number of hydrogen-bond donors (Lipinski definition) is 1. The van der Waals surface area contributed by atoms with E-state index in [4.69, 9.17) is 4.55 Å². The Morgan fingerprint density at radius 1 is 1.10 bits per heavy atom. The van der Waals surface area contributed by atoms with E-state index in [1.165, 1.54) is 6.07 Å². The van der Waals surface area contributed by atoms with Crippen molar-refractivity contribution in [2.24, 2.45) is 0 Å². The summed E-state index contributed by atoms with van der Waals surface area (Å²) in [5, 5.41) is 0. The Morgan fingerprint density at radius 3 is 2.40 bits per heavy atom. The van der Waals surface area contributed by atoms with E-state index >= 15 is 0 Å². The van der Waals surface area contributed by atoms with Crippen LogP contribution in [0.25, 0.3) is 11.1 Å². The first kappa shape index (κ1) is 14.3. The molecule has 0 heterocycles. The smallest absolute Gasteiger partial charge is 0.361 e. The highest BCUT2D eigenvalue weighted by Crippen LogP contribution is 2.34. The Kier molecular flexibility index (Phi) is 4.22. The largest absolute Gasteiger partial charge is 0.446 e. The first-order chi connectivity index (χ1) is 9.51. The molecule has 0 radical (unpaired) electrons. The molecule has 0 aliphatic rings. The van der Waals surface area contributed by atoms with Gasteiger partial charge < -0.3 is 4.18 Å². The second kappa shape index (κ2) is 5.90.